The van der Waals surface area contributed by atoms with Crippen LogP contribution in [-0.4, -0.2) is 67.2 Å². The highest BCUT2D eigenvalue weighted by Crippen LogP contribution is 2.05. The molecule has 0 amide bonds. The van der Waals surface area contributed by atoms with Gasteiger partial charge < -0.3 is 4.43 Å². The predicted molar refractivity (Wildman–Crippen MR) is 86.5 cm³/mol. The van der Waals surface area contributed by atoms with Crippen molar-refractivity contribution in [3.8, 4) is 0 Å². The van der Waals surface area contributed by atoms with Gasteiger partial charge in [0.05, 0.1) is 5.79 Å². The molecule has 0 aromatic carbocycles. The molecule has 110 valence electrons. The van der Waals surface area contributed by atoms with E-state index in [4.69, 9.17) is 4.43 Å². The largest absolute Gasteiger partial charge is 0.410 e. The van der Waals surface area contributed by atoms with Crippen LogP contribution in [-0.2, 0) is 4.43 Å². The minimum absolute atomic E-state index is 0.327. The maximum absolute atomic E-state index is 5.57. The maximum atomic E-state index is 5.57. The molecule has 0 aliphatic rings. The van der Waals surface area contributed by atoms with E-state index in [0.29, 0.717) is 21.7 Å². The Morgan fingerprint density at radius 3 is 1.74 bits per heavy atom. The van der Waals surface area contributed by atoms with Gasteiger partial charge in [0.25, 0.3) is 9.76 Å². The summed E-state index contributed by atoms with van der Waals surface area (Å²) >= 11 is 0. The first-order valence-corrected chi connectivity index (χ1v) is 9.54. The Kier molecular flexibility index (Phi) is 11.9. The second-order valence-corrected chi connectivity index (χ2v) is 6.59. The summed E-state index contributed by atoms with van der Waals surface area (Å²) in [6.45, 7) is 17.6. The third-order valence-corrected chi connectivity index (χ3v) is 5.65. The maximum Gasteiger partial charge on any atom is 0.260 e. The molecular formula is C14H30N2OSi2. The smallest absolute Gasteiger partial charge is 0.260 e. The van der Waals surface area contributed by atoms with Gasteiger partial charge in [-0.25, -0.2) is 0 Å². The zero-order chi connectivity index (χ0) is 14.7. The summed E-state index contributed by atoms with van der Waals surface area (Å²) in [6.07, 6.45) is 0.327. The van der Waals surface area contributed by atoms with Crippen LogP contribution in [0.25, 0.3) is 0 Å². The molecule has 3 nitrogen and oxygen atoms in total. The first-order chi connectivity index (χ1) is 9.10. The van der Waals surface area contributed by atoms with Gasteiger partial charge in [0, 0.05) is 6.10 Å². The summed E-state index contributed by atoms with van der Waals surface area (Å²) in [4.78, 5) is 5.09. The highest BCUT2D eigenvalue weighted by Gasteiger charge is 2.20. The molecule has 0 saturated heterocycles. The summed E-state index contributed by atoms with van der Waals surface area (Å²) in [5.41, 5.74) is 4.50. The van der Waals surface area contributed by atoms with E-state index in [2.05, 4.69) is 62.7 Å². The lowest BCUT2D eigenvalue weighted by atomic mass is 10.5. The summed E-state index contributed by atoms with van der Waals surface area (Å²) in [6, 6.07) is 0. The van der Waals surface area contributed by atoms with Crippen LogP contribution in [0.3, 0.4) is 0 Å². The molecule has 0 rings (SSSR count). The van der Waals surface area contributed by atoms with Crippen LogP contribution in [0, 0.1) is 0 Å². The number of hydrogen-bond acceptors (Lipinski definition) is 3. The molecule has 4 radical (unpaired) electrons. The van der Waals surface area contributed by atoms with Crippen LogP contribution in [0.15, 0.2) is 11.4 Å². The molecule has 5 heteroatoms. The normalized spacial score (nSPS) is 12.7. The molecule has 0 spiro atoms. The summed E-state index contributed by atoms with van der Waals surface area (Å²) < 4.78 is 5.57. The Morgan fingerprint density at radius 1 is 0.895 bits per heavy atom. The first-order valence-electron chi connectivity index (χ1n) is 7.40. The lowest BCUT2D eigenvalue weighted by Crippen LogP contribution is -2.51. The van der Waals surface area contributed by atoms with Crippen molar-refractivity contribution in [2.24, 2.45) is 0 Å². The Bertz CT molecular complexity index is 217. The molecular weight excluding hydrogens is 268 g/mol. The van der Waals surface area contributed by atoms with Gasteiger partial charge in [-0.1, -0.05) is 33.4 Å². The van der Waals surface area contributed by atoms with Gasteiger partial charge in [-0.2, -0.15) is 0 Å². The van der Waals surface area contributed by atoms with E-state index in [9.17, 15) is 0 Å². The van der Waals surface area contributed by atoms with Gasteiger partial charge in [0.15, 0.2) is 0 Å². The quantitative estimate of drug-likeness (QED) is 0.429. The Hall–Kier alpha value is 0.0538. The summed E-state index contributed by atoms with van der Waals surface area (Å²) in [5, 5.41) is 0. The molecule has 0 aliphatic carbocycles. The SMILES string of the molecule is CCN(CC)C([Si]C=C[Si]OC(C)C)N(CC)CC. The van der Waals surface area contributed by atoms with Crippen molar-refractivity contribution in [3.63, 3.8) is 0 Å². The molecule has 0 aromatic heterocycles. The molecule has 0 N–H and O–H groups in total. The van der Waals surface area contributed by atoms with Crippen LogP contribution in [0.4, 0.5) is 0 Å². The second-order valence-electron chi connectivity index (χ2n) is 4.60. The van der Waals surface area contributed by atoms with E-state index in [-0.39, 0.29) is 0 Å². The van der Waals surface area contributed by atoms with Gasteiger partial charge in [0.2, 0.25) is 0 Å². The number of rotatable bonds is 11. The average Bonchev–Trinajstić information content (AvgIpc) is 2.40. The topological polar surface area (TPSA) is 15.7 Å². The molecule has 0 bridgehead atoms. The predicted octanol–water partition coefficient (Wildman–Crippen LogP) is 2.17. The van der Waals surface area contributed by atoms with Crippen molar-refractivity contribution in [2.45, 2.75) is 53.4 Å². The Labute approximate surface area is 125 Å². The van der Waals surface area contributed by atoms with Crippen LogP contribution in [0.2, 0.25) is 0 Å². The van der Waals surface area contributed by atoms with E-state index in [1.165, 1.54) is 0 Å². The fourth-order valence-electron chi connectivity index (χ4n) is 1.92. The summed E-state index contributed by atoms with van der Waals surface area (Å²) in [7, 11) is 1.30. The molecule has 0 fully saturated rings. The second kappa shape index (κ2) is 11.8. The Balaban J connectivity index is 4.41. The molecule has 0 atom stereocenters. The molecule has 0 heterocycles. The zero-order valence-corrected chi connectivity index (χ0v) is 15.4. The monoisotopic (exact) mass is 298 g/mol. The lowest BCUT2D eigenvalue weighted by Gasteiger charge is -2.37. The van der Waals surface area contributed by atoms with E-state index in [0.717, 1.165) is 35.7 Å². The minimum Gasteiger partial charge on any atom is -0.410 e. The van der Waals surface area contributed by atoms with Crippen LogP contribution in [0.5, 0.6) is 0 Å². The third kappa shape index (κ3) is 8.04. The van der Waals surface area contributed by atoms with E-state index < -0.39 is 0 Å². The fourth-order valence-corrected chi connectivity index (χ4v) is 4.26. The number of hydrogen-bond donors (Lipinski definition) is 0. The van der Waals surface area contributed by atoms with Crippen LogP contribution < -0.4 is 0 Å². The first kappa shape index (κ1) is 19.1. The molecule has 19 heavy (non-hydrogen) atoms. The third-order valence-electron chi connectivity index (χ3n) is 3.02. The van der Waals surface area contributed by atoms with Crippen molar-refractivity contribution >= 4 is 19.3 Å². The molecule has 0 aliphatic heterocycles. The van der Waals surface area contributed by atoms with E-state index >= 15 is 0 Å². The molecule has 0 unspecified atom stereocenters. The summed E-state index contributed by atoms with van der Waals surface area (Å²) in [5.74, 6) is 0.546. The van der Waals surface area contributed by atoms with Crippen molar-refractivity contribution in [3.05, 3.63) is 11.4 Å². The minimum atomic E-state index is 0.327. The van der Waals surface area contributed by atoms with Crippen molar-refractivity contribution in [1.82, 2.24) is 9.80 Å². The Morgan fingerprint density at radius 2 is 1.37 bits per heavy atom. The van der Waals surface area contributed by atoms with Crippen molar-refractivity contribution < 1.29 is 4.43 Å². The zero-order valence-electron chi connectivity index (χ0n) is 13.4. The highest BCUT2D eigenvalue weighted by atomic mass is 28.2. The van der Waals surface area contributed by atoms with E-state index in [1.54, 1.807) is 0 Å². The van der Waals surface area contributed by atoms with E-state index in [1.807, 2.05) is 0 Å². The van der Waals surface area contributed by atoms with Crippen molar-refractivity contribution in [1.29, 1.82) is 0 Å². The van der Waals surface area contributed by atoms with Crippen LogP contribution >= 0.6 is 0 Å². The van der Waals surface area contributed by atoms with Gasteiger partial charge in [0.1, 0.15) is 9.52 Å². The fraction of sp³-hybridized carbons (Fsp3) is 0.857. The standard InChI is InChI=1S/C14H30N2OSi2/c1-7-15(8-2)14(16(9-3)10-4)18-11-12-19-17-13(5)6/h11-14H,7-10H2,1-6H3. The molecule has 0 aromatic rings. The lowest BCUT2D eigenvalue weighted by molar-refractivity contribution is 0.116. The van der Waals surface area contributed by atoms with Gasteiger partial charge in [-0.15, -0.1) is 5.70 Å². The van der Waals surface area contributed by atoms with Crippen molar-refractivity contribution in [2.75, 3.05) is 26.2 Å². The molecule has 0 saturated carbocycles. The number of nitrogens with zero attached hydrogens (tertiary/aromatic N) is 2. The van der Waals surface area contributed by atoms with Gasteiger partial charge in [-0.05, 0) is 40.0 Å². The van der Waals surface area contributed by atoms with Gasteiger partial charge in [-0.3, -0.25) is 9.80 Å². The van der Waals surface area contributed by atoms with Gasteiger partial charge >= 0.3 is 0 Å². The average molecular weight is 299 g/mol. The van der Waals surface area contributed by atoms with Crippen LogP contribution in [0.1, 0.15) is 41.5 Å². The highest BCUT2D eigenvalue weighted by molar-refractivity contribution is 6.47.